The highest BCUT2D eigenvalue weighted by Gasteiger charge is 2.12. The Bertz CT molecular complexity index is 557. The van der Waals surface area contributed by atoms with Gasteiger partial charge in [0.05, 0.1) is 5.56 Å². The van der Waals surface area contributed by atoms with E-state index >= 15 is 0 Å². The zero-order valence-electron chi connectivity index (χ0n) is 9.60. The van der Waals surface area contributed by atoms with Crippen LogP contribution in [0.15, 0.2) is 48.5 Å². The first-order valence-corrected chi connectivity index (χ1v) is 5.84. The average molecular weight is 261 g/mol. The number of nitrogens with two attached hydrogens (primary N) is 1. The van der Waals surface area contributed by atoms with E-state index in [2.05, 4.69) is 0 Å². The van der Waals surface area contributed by atoms with Crippen molar-refractivity contribution in [1.82, 2.24) is 0 Å². The lowest BCUT2D eigenvalue weighted by molar-refractivity contribution is 0.304. The van der Waals surface area contributed by atoms with Gasteiger partial charge in [0.1, 0.15) is 23.2 Å². The summed E-state index contributed by atoms with van der Waals surface area (Å²) in [6.45, 7) is 0.347. The van der Waals surface area contributed by atoms with Crippen molar-refractivity contribution in [3.8, 4) is 5.75 Å². The number of benzene rings is 2. The summed E-state index contributed by atoms with van der Waals surface area (Å²) >= 11 is 4.83. The SMILES string of the molecule is NC(=S)c1c(F)cccc1OCc1ccccc1. The van der Waals surface area contributed by atoms with Gasteiger partial charge in [0, 0.05) is 0 Å². The van der Waals surface area contributed by atoms with E-state index in [-0.39, 0.29) is 10.6 Å². The van der Waals surface area contributed by atoms with Crippen LogP contribution in [0.5, 0.6) is 5.75 Å². The van der Waals surface area contributed by atoms with Crippen LogP contribution in [0.4, 0.5) is 4.39 Å². The molecule has 2 aromatic rings. The molecule has 0 fully saturated rings. The van der Waals surface area contributed by atoms with Gasteiger partial charge < -0.3 is 10.5 Å². The molecule has 2 rings (SSSR count). The molecule has 0 heterocycles. The Hall–Kier alpha value is -1.94. The molecule has 0 spiro atoms. The monoisotopic (exact) mass is 261 g/mol. The van der Waals surface area contributed by atoms with Crippen molar-refractivity contribution in [2.45, 2.75) is 6.61 Å². The lowest BCUT2D eigenvalue weighted by Crippen LogP contribution is -2.14. The molecule has 0 aliphatic heterocycles. The molecule has 0 aliphatic rings. The predicted molar refractivity (Wildman–Crippen MR) is 73.1 cm³/mol. The van der Waals surface area contributed by atoms with Crippen molar-refractivity contribution in [1.29, 1.82) is 0 Å². The largest absolute Gasteiger partial charge is 0.488 e. The van der Waals surface area contributed by atoms with E-state index in [0.29, 0.717) is 12.4 Å². The lowest BCUT2D eigenvalue weighted by atomic mass is 10.2. The predicted octanol–water partition coefficient (Wildman–Crippen LogP) is 3.04. The van der Waals surface area contributed by atoms with Crippen LogP contribution >= 0.6 is 12.2 Å². The highest BCUT2D eigenvalue weighted by atomic mass is 32.1. The van der Waals surface area contributed by atoms with Gasteiger partial charge in [0.25, 0.3) is 0 Å². The van der Waals surface area contributed by atoms with Crippen molar-refractivity contribution in [3.05, 3.63) is 65.5 Å². The van der Waals surface area contributed by atoms with Gasteiger partial charge in [0.2, 0.25) is 0 Å². The second-order valence-corrected chi connectivity index (χ2v) is 4.19. The van der Waals surface area contributed by atoms with Gasteiger partial charge in [-0.2, -0.15) is 0 Å². The van der Waals surface area contributed by atoms with Gasteiger partial charge in [-0.3, -0.25) is 0 Å². The van der Waals surface area contributed by atoms with Gasteiger partial charge in [-0.1, -0.05) is 48.6 Å². The van der Waals surface area contributed by atoms with E-state index in [0.717, 1.165) is 5.56 Å². The molecule has 0 radical (unpaired) electrons. The molecule has 2 N–H and O–H groups in total. The molecule has 0 saturated carbocycles. The first-order valence-electron chi connectivity index (χ1n) is 5.43. The van der Waals surface area contributed by atoms with E-state index in [9.17, 15) is 4.39 Å². The Morgan fingerprint density at radius 2 is 1.83 bits per heavy atom. The summed E-state index contributed by atoms with van der Waals surface area (Å²) < 4.78 is 19.1. The number of hydrogen-bond donors (Lipinski definition) is 1. The minimum absolute atomic E-state index is 0.00355. The smallest absolute Gasteiger partial charge is 0.137 e. The molecule has 0 bridgehead atoms. The van der Waals surface area contributed by atoms with E-state index in [1.165, 1.54) is 6.07 Å². The quantitative estimate of drug-likeness (QED) is 0.859. The maximum Gasteiger partial charge on any atom is 0.137 e. The fraction of sp³-hybridized carbons (Fsp3) is 0.0714. The van der Waals surface area contributed by atoms with Crippen LogP contribution in [0.2, 0.25) is 0 Å². The molecule has 0 aromatic heterocycles. The molecule has 0 atom stereocenters. The highest BCUT2D eigenvalue weighted by molar-refractivity contribution is 7.80. The van der Waals surface area contributed by atoms with Crippen LogP contribution in [0.25, 0.3) is 0 Å². The van der Waals surface area contributed by atoms with Crippen LogP contribution in [-0.4, -0.2) is 4.99 Å². The van der Waals surface area contributed by atoms with Crippen LogP contribution < -0.4 is 10.5 Å². The van der Waals surface area contributed by atoms with Gasteiger partial charge in [-0.15, -0.1) is 0 Å². The van der Waals surface area contributed by atoms with Crippen molar-refractivity contribution >= 4 is 17.2 Å². The van der Waals surface area contributed by atoms with Crippen molar-refractivity contribution < 1.29 is 9.13 Å². The zero-order valence-corrected chi connectivity index (χ0v) is 10.4. The summed E-state index contributed by atoms with van der Waals surface area (Å²) in [7, 11) is 0. The van der Waals surface area contributed by atoms with Gasteiger partial charge in [0.15, 0.2) is 0 Å². The van der Waals surface area contributed by atoms with Crippen LogP contribution in [0, 0.1) is 5.82 Å². The summed E-state index contributed by atoms with van der Waals surface area (Å²) in [6, 6.07) is 14.1. The Morgan fingerprint density at radius 3 is 2.50 bits per heavy atom. The molecular formula is C14H12FNOS. The molecule has 0 unspecified atom stereocenters. The summed E-state index contributed by atoms with van der Waals surface area (Å²) in [5.41, 5.74) is 6.65. The molecular weight excluding hydrogens is 249 g/mol. The van der Waals surface area contributed by atoms with E-state index in [1.54, 1.807) is 12.1 Å². The Morgan fingerprint density at radius 1 is 1.11 bits per heavy atom. The minimum atomic E-state index is -0.465. The summed E-state index contributed by atoms with van der Waals surface area (Å²) in [5.74, 6) is -0.0978. The first-order chi connectivity index (χ1) is 8.68. The molecule has 2 nitrogen and oxygen atoms in total. The summed E-state index contributed by atoms with van der Waals surface area (Å²) in [6.07, 6.45) is 0. The number of halogens is 1. The van der Waals surface area contributed by atoms with Crippen molar-refractivity contribution in [2.75, 3.05) is 0 Å². The molecule has 18 heavy (non-hydrogen) atoms. The fourth-order valence-corrected chi connectivity index (χ4v) is 1.80. The van der Waals surface area contributed by atoms with E-state index in [1.807, 2.05) is 30.3 Å². The van der Waals surface area contributed by atoms with E-state index in [4.69, 9.17) is 22.7 Å². The third-order valence-electron chi connectivity index (χ3n) is 2.46. The Kier molecular flexibility index (Phi) is 3.89. The number of hydrogen-bond acceptors (Lipinski definition) is 2. The number of rotatable bonds is 4. The third kappa shape index (κ3) is 2.84. The zero-order chi connectivity index (χ0) is 13.0. The number of thiocarbonyl (C=S) groups is 1. The van der Waals surface area contributed by atoms with Crippen LogP contribution in [-0.2, 0) is 6.61 Å². The summed E-state index contributed by atoms with van der Waals surface area (Å²) in [4.78, 5) is -0.00355. The fourth-order valence-electron chi connectivity index (χ4n) is 1.60. The molecule has 0 aliphatic carbocycles. The molecule has 92 valence electrons. The van der Waals surface area contributed by atoms with Gasteiger partial charge in [-0.25, -0.2) is 4.39 Å². The third-order valence-corrected chi connectivity index (χ3v) is 2.66. The maximum atomic E-state index is 13.6. The van der Waals surface area contributed by atoms with Gasteiger partial charge in [-0.05, 0) is 17.7 Å². The van der Waals surface area contributed by atoms with Crippen molar-refractivity contribution in [2.24, 2.45) is 5.73 Å². The topological polar surface area (TPSA) is 35.2 Å². The maximum absolute atomic E-state index is 13.6. The Balaban J connectivity index is 2.20. The van der Waals surface area contributed by atoms with Crippen LogP contribution in [0.3, 0.4) is 0 Å². The number of ether oxygens (including phenoxy) is 1. The van der Waals surface area contributed by atoms with Crippen molar-refractivity contribution in [3.63, 3.8) is 0 Å². The highest BCUT2D eigenvalue weighted by Crippen LogP contribution is 2.22. The Labute approximate surface area is 110 Å². The van der Waals surface area contributed by atoms with Gasteiger partial charge >= 0.3 is 0 Å². The average Bonchev–Trinajstić information content (AvgIpc) is 2.37. The second kappa shape index (κ2) is 5.60. The molecule has 4 heteroatoms. The lowest BCUT2D eigenvalue weighted by Gasteiger charge is -2.11. The van der Waals surface area contributed by atoms with Crippen LogP contribution in [0.1, 0.15) is 11.1 Å². The van der Waals surface area contributed by atoms with E-state index < -0.39 is 5.82 Å². The molecule has 2 aromatic carbocycles. The minimum Gasteiger partial charge on any atom is -0.488 e. The summed E-state index contributed by atoms with van der Waals surface area (Å²) in [5, 5.41) is 0. The normalized spacial score (nSPS) is 10.1. The first kappa shape index (κ1) is 12.5. The second-order valence-electron chi connectivity index (χ2n) is 3.75. The molecule has 0 saturated heterocycles. The standard InChI is InChI=1S/C14H12FNOS/c15-11-7-4-8-12(13(11)14(16)18)17-9-10-5-2-1-3-6-10/h1-8H,9H2,(H2,16,18). The molecule has 0 amide bonds.